The fraction of sp³-hybridized carbons (Fsp3) is 0.600. The van der Waals surface area contributed by atoms with Crippen molar-refractivity contribution < 1.29 is 0 Å². The first-order valence-corrected chi connectivity index (χ1v) is 7.09. The number of aromatic nitrogens is 1. The highest BCUT2D eigenvalue weighted by Crippen LogP contribution is 2.11. The zero-order valence-corrected chi connectivity index (χ0v) is 11.6. The molecule has 1 aromatic heterocycles. The number of hydrogen-bond acceptors (Lipinski definition) is 4. The highest BCUT2D eigenvalue weighted by Gasteiger charge is 2.15. The largest absolute Gasteiger partial charge is 0.311 e. The smallest absolute Gasteiger partial charge is 0.140 e. The van der Waals surface area contributed by atoms with Gasteiger partial charge < -0.3 is 5.32 Å². The highest BCUT2D eigenvalue weighted by molar-refractivity contribution is 5.25. The van der Waals surface area contributed by atoms with Crippen molar-refractivity contribution in [2.75, 3.05) is 19.6 Å². The number of nitrogens with zero attached hydrogens (tertiary/aromatic N) is 3. The number of likely N-dealkylation sites (tertiary alicyclic amines) is 1. The predicted molar refractivity (Wildman–Crippen MR) is 75.5 cm³/mol. The lowest BCUT2D eigenvalue weighted by molar-refractivity contribution is 0.170. The fourth-order valence-electron chi connectivity index (χ4n) is 2.56. The maximum atomic E-state index is 8.81. The molecule has 1 N–H and O–H groups in total. The minimum absolute atomic E-state index is 0.489. The average molecular weight is 258 g/mol. The second-order valence-electron chi connectivity index (χ2n) is 5.24. The van der Waals surface area contributed by atoms with E-state index < -0.39 is 0 Å². The predicted octanol–water partition coefficient (Wildman–Crippen LogP) is 1.92. The van der Waals surface area contributed by atoms with Crippen LogP contribution in [0.15, 0.2) is 18.3 Å². The number of pyridine rings is 1. The van der Waals surface area contributed by atoms with Gasteiger partial charge >= 0.3 is 0 Å². The molecule has 4 heteroatoms. The van der Waals surface area contributed by atoms with Crippen molar-refractivity contribution in [3.8, 4) is 6.07 Å². The van der Waals surface area contributed by atoms with E-state index in [2.05, 4.69) is 28.2 Å². The molecule has 0 bridgehead atoms. The van der Waals surface area contributed by atoms with E-state index in [-0.39, 0.29) is 0 Å². The third kappa shape index (κ3) is 4.30. The van der Waals surface area contributed by atoms with Crippen molar-refractivity contribution in [3.05, 3.63) is 29.6 Å². The first-order valence-electron chi connectivity index (χ1n) is 7.09. The molecule has 0 aromatic carbocycles. The Hall–Kier alpha value is -1.44. The van der Waals surface area contributed by atoms with E-state index in [1.165, 1.54) is 32.4 Å². The summed E-state index contributed by atoms with van der Waals surface area (Å²) in [6.07, 6.45) is 5.74. The molecule has 1 aliphatic heterocycles. The average Bonchev–Trinajstić information content (AvgIpc) is 2.48. The molecule has 1 aliphatic rings. The number of rotatable bonds is 5. The van der Waals surface area contributed by atoms with Crippen LogP contribution in [0.5, 0.6) is 0 Å². The van der Waals surface area contributed by atoms with Crippen LogP contribution in [0.25, 0.3) is 0 Å². The van der Waals surface area contributed by atoms with Gasteiger partial charge in [0.25, 0.3) is 0 Å². The standard InChI is InChI=1S/C15H22N4/c1-13(19-7-3-2-4-8-19)11-17-12-14-5-6-18-15(9-14)10-16/h5-6,9,13,17H,2-4,7-8,11-12H2,1H3. The summed E-state index contributed by atoms with van der Waals surface area (Å²) >= 11 is 0. The Morgan fingerprint density at radius 1 is 1.42 bits per heavy atom. The summed E-state index contributed by atoms with van der Waals surface area (Å²) in [5.74, 6) is 0. The second kappa shape index (κ2) is 7.22. The molecular weight excluding hydrogens is 236 g/mol. The summed E-state index contributed by atoms with van der Waals surface area (Å²) in [6, 6.07) is 6.46. The summed E-state index contributed by atoms with van der Waals surface area (Å²) in [6.45, 7) is 6.54. The highest BCUT2D eigenvalue weighted by atomic mass is 15.2. The van der Waals surface area contributed by atoms with Crippen LogP contribution < -0.4 is 5.32 Å². The monoisotopic (exact) mass is 258 g/mol. The summed E-state index contributed by atoms with van der Waals surface area (Å²) in [5.41, 5.74) is 1.61. The lowest BCUT2D eigenvalue weighted by Crippen LogP contribution is -2.42. The fourth-order valence-corrected chi connectivity index (χ4v) is 2.56. The van der Waals surface area contributed by atoms with Crippen molar-refractivity contribution in [3.63, 3.8) is 0 Å². The van der Waals surface area contributed by atoms with Crippen LogP contribution in [0.4, 0.5) is 0 Å². The van der Waals surface area contributed by atoms with Crippen LogP contribution in [-0.2, 0) is 6.54 Å². The van der Waals surface area contributed by atoms with Gasteiger partial charge in [-0.3, -0.25) is 4.90 Å². The van der Waals surface area contributed by atoms with Gasteiger partial charge in [0.05, 0.1) is 0 Å². The molecular formula is C15H22N4. The Morgan fingerprint density at radius 3 is 2.95 bits per heavy atom. The molecule has 1 aromatic rings. The first-order chi connectivity index (χ1) is 9.29. The van der Waals surface area contributed by atoms with Gasteiger partial charge in [0.15, 0.2) is 0 Å². The minimum Gasteiger partial charge on any atom is -0.311 e. The zero-order valence-electron chi connectivity index (χ0n) is 11.6. The number of hydrogen-bond donors (Lipinski definition) is 1. The van der Waals surface area contributed by atoms with Crippen molar-refractivity contribution in [1.29, 1.82) is 5.26 Å². The Kier molecular flexibility index (Phi) is 5.31. The number of nitrogens with one attached hydrogen (secondary N) is 1. The van der Waals surface area contributed by atoms with E-state index in [1.807, 2.05) is 12.1 Å². The molecule has 0 radical (unpaired) electrons. The molecule has 0 aliphatic carbocycles. The van der Waals surface area contributed by atoms with Gasteiger partial charge in [0, 0.05) is 25.3 Å². The Labute approximate surface area is 115 Å². The van der Waals surface area contributed by atoms with E-state index >= 15 is 0 Å². The van der Waals surface area contributed by atoms with E-state index in [0.29, 0.717) is 11.7 Å². The number of nitriles is 1. The van der Waals surface area contributed by atoms with Crippen molar-refractivity contribution >= 4 is 0 Å². The van der Waals surface area contributed by atoms with Gasteiger partial charge in [0.1, 0.15) is 11.8 Å². The molecule has 2 rings (SSSR count). The van der Waals surface area contributed by atoms with E-state index in [9.17, 15) is 0 Å². The molecule has 19 heavy (non-hydrogen) atoms. The van der Waals surface area contributed by atoms with Crippen LogP contribution in [0.1, 0.15) is 37.4 Å². The summed E-state index contributed by atoms with van der Waals surface area (Å²) in [5, 5.41) is 12.3. The first kappa shape index (κ1) is 14.0. The molecule has 102 valence electrons. The summed E-state index contributed by atoms with van der Waals surface area (Å²) in [4.78, 5) is 6.54. The maximum Gasteiger partial charge on any atom is 0.140 e. The van der Waals surface area contributed by atoms with Gasteiger partial charge in [-0.05, 0) is 50.6 Å². The molecule has 0 spiro atoms. The Balaban J connectivity index is 1.74. The lowest BCUT2D eigenvalue weighted by Gasteiger charge is -2.32. The van der Waals surface area contributed by atoms with Crippen molar-refractivity contribution in [2.45, 2.75) is 38.8 Å². The van der Waals surface area contributed by atoms with E-state index in [4.69, 9.17) is 5.26 Å². The summed E-state index contributed by atoms with van der Waals surface area (Å²) < 4.78 is 0. The van der Waals surface area contributed by atoms with Gasteiger partial charge in [0.2, 0.25) is 0 Å². The molecule has 1 fully saturated rings. The van der Waals surface area contributed by atoms with Crippen LogP contribution in [-0.4, -0.2) is 35.6 Å². The molecule has 1 atom stereocenters. The number of piperidine rings is 1. The van der Waals surface area contributed by atoms with Crippen LogP contribution in [0.3, 0.4) is 0 Å². The van der Waals surface area contributed by atoms with Crippen LogP contribution >= 0.6 is 0 Å². The third-order valence-corrected chi connectivity index (χ3v) is 3.72. The van der Waals surface area contributed by atoms with Gasteiger partial charge in [-0.2, -0.15) is 5.26 Å². The van der Waals surface area contributed by atoms with Crippen molar-refractivity contribution in [1.82, 2.24) is 15.2 Å². The normalized spacial score (nSPS) is 17.9. The molecule has 2 heterocycles. The topological polar surface area (TPSA) is 52.0 Å². The molecule has 0 saturated carbocycles. The quantitative estimate of drug-likeness (QED) is 0.876. The van der Waals surface area contributed by atoms with Gasteiger partial charge in [-0.15, -0.1) is 0 Å². The molecule has 1 saturated heterocycles. The van der Waals surface area contributed by atoms with E-state index in [1.54, 1.807) is 6.20 Å². The van der Waals surface area contributed by atoms with Gasteiger partial charge in [-0.25, -0.2) is 4.98 Å². The zero-order chi connectivity index (χ0) is 13.5. The van der Waals surface area contributed by atoms with Crippen molar-refractivity contribution in [2.24, 2.45) is 0 Å². The third-order valence-electron chi connectivity index (χ3n) is 3.72. The molecule has 1 unspecified atom stereocenters. The van der Waals surface area contributed by atoms with Crippen LogP contribution in [0, 0.1) is 11.3 Å². The Bertz CT molecular complexity index is 432. The maximum absolute atomic E-state index is 8.81. The van der Waals surface area contributed by atoms with Gasteiger partial charge in [-0.1, -0.05) is 6.42 Å². The Morgan fingerprint density at radius 2 is 2.21 bits per heavy atom. The van der Waals surface area contributed by atoms with Crippen LogP contribution in [0.2, 0.25) is 0 Å². The molecule has 0 amide bonds. The minimum atomic E-state index is 0.489. The van der Waals surface area contributed by atoms with E-state index in [0.717, 1.165) is 18.7 Å². The SMILES string of the molecule is CC(CNCc1ccnc(C#N)c1)N1CCCCC1. The summed E-state index contributed by atoms with van der Waals surface area (Å²) in [7, 11) is 0. The molecule has 4 nitrogen and oxygen atoms in total. The lowest BCUT2D eigenvalue weighted by atomic mass is 10.1. The second-order valence-corrected chi connectivity index (χ2v) is 5.24.